The number of carboxylic acids is 1. The minimum atomic E-state index is -1.01. The number of aromatic nitrogens is 2. The number of carboxylic acid groups (broad SMARTS) is 1. The van der Waals surface area contributed by atoms with E-state index in [1.807, 2.05) is 19.9 Å². The van der Waals surface area contributed by atoms with Gasteiger partial charge in [-0.05, 0) is 44.5 Å². The highest BCUT2D eigenvalue weighted by atomic mass is 16.5. The van der Waals surface area contributed by atoms with Gasteiger partial charge in [0, 0.05) is 30.3 Å². The van der Waals surface area contributed by atoms with Crippen molar-refractivity contribution in [3.05, 3.63) is 69.1 Å². The van der Waals surface area contributed by atoms with Gasteiger partial charge in [-0.1, -0.05) is 12.1 Å². The molecule has 0 saturated carbocycles. The summed E-state index contributed by atoms with van der Waals surface area (Å²) in [5.74, 6) is -0.670. The molecule has 168 valence electrons. The lowest BCUT2D eigenvalue weighted by Gasteiger charge is -2.24. The number of ether oxygens (including phenoxy) is 2. The summed E-state index contributed by atoms with van der Waals surface area (Å²) in [5, 5.41) is 12.8. The van der Waals surface area contributed by atoms with Gasteiger partial charge in [0.05, 0.1) is 30.4 Å². The molecule has 0 amide bonds. The van der Waals surface area contributed by atoms with Crippen LogP contribution in [0.4, 0.5) is 5.69 Å². The molecular weight excluding hydrogens is 410 g/mol. The maximum Gasteiger partial charge on any atom is 0.337 e. The van der Waals surface area contributed by atoms with Crippen molar-refractivity contribution in [2.24, 2.45) is 0 Å². The highest BCUT2D eigenvalue weighted by molar-refractivity contribution is 5.94. The molecule has 2 aromatic heterocycles. The first-order valence-corrected chi connectivity index (χ1v) is 10.7. The van der Waals surface area contributed by atoms with E-state index in [0.29, 0.717) is 36.0 Å². The minimum absolute atomic E-state index is 0.0382. The molecule has 0 radical (unpaired) electrons. The maximum atomic E-state index is 13.1. The molecule has 0 unspecified atom stereocenters. The Morgan fingerprint density at radius 2 is 2.00 bits per heavy atom. The summed E-state index contributed by atoms with van der Waals surface area (Å²) >= 11 is 0. The zero-order chi connectivity index (χ0) is 22.8. The molecule has 4 rings (SSSR count). The van der Waals surface area contributed by atoms with Gasteiger partial charge in [-0.25, -0.2) is 4.79 Å². The van der Waals surface area contributed by atoms with Gasteiger partial charge in [0.25, 0.3) is 5.56 Å². The monoisotopic (exact) mass is 437 g/mol. The molecule has 1 fully saturated rings. The molecule has 1 aromatic carbocycles. The molecule has 8 nitrogen and oxygen atoms in total. The van der Waals surface area contributed by atoms with Crippen molar-refractivity contribution >= 4 is 17.3 Å². The lowest BCUT2D eigenvalue weighted by Crippen LogP contribution is -2.29. The number of aryl methyl sites for hydroxylation is 1. The normalized spacial score (nSPS) is 15.5. The third-order valence-corrected chi connectivity index (χ3v) is 5.71. The van der Waals surface area contributed by atoms with Crippen LogP contribution >= 0.6 is 0 Å². The van der Waals surface area contributed by atoms with Crippen LogP contribution in [0.2, 0.25) is 0 Å². The highest BCUT2D eigenvalue weighted by Gasteiger charge is 2.22. The molecule has 1 aliphatic rings. The second-order valence-corrected chi connectivity index (χ2v) is 8.16. The third kappa shape index (κ3) is 4.31. The first kappa shape index (κ1) is 21.8. The lowest BCUT2D eigenvalue weighted by atomic mass is 10.1. The fourth-order valence-electron chi connectivity index (χ4n) is 3.97. The van der Waals surface area contributed by atoms with Crippen LogP contribution in [-0.2, 0) is 4.74 Å². The summed E-state index contributed by atoms with van der Waals surface area (Å²) in [4.78, 5) is 29.5. The zero-order valence-electron chi connectivity index (χ0n) is 18.4. The number of aromatic carboxylic acids is 1. The summed E-state index contributed by atoms with van der Waals surface area (Å²) in [6, 6.07) is 8.39. The van der Waals surface area contributed by atoms with Crippen molar-refractivity contribution < 1.29 is 19.4 Å². The highest BCUT2D eigenvalue weighted by Crippen LogP contribution is 2.27. The van der Waals surface area contributed by atoms with E-state index < -0.39 is 5.97 Å². The van der Waals surface area contributed by atoms with E-state index in [9.17, 15) is 14.7 Å². The van der Waals surface area contributed by atoms with Crippen molar-refractivity contribution in [1.82, 2.24) is 9.38 Å². The Bertz CT molecular complexity index is 1210. The number of nitrogens with one attached hydrogen (secondary N) is 1. The number of anilines is 1. The average molecular weight is 437 g/mol. The SMILES string of the molecule is Cc1cc([C@@H](C)Nc2ccccc2C(=O)O)c2nc(OC3CCOCC3)c(C)c(=O)n2c1. The maximum absolute atomic E-state index is 13.1. The number of para-hydroxylation sites is 1. The molecule has 1 saturated heterocycles. The van der Waals surface area contributed by atoms with Gasteiger partial charge in [-0.15, -0.1) is 0 Å². The number of rotatable bonds is 6. The Hall–Kier alpha value is -3.39. The zero-order valence-corrected chi connectivity index (χ0v) is 18.4. The fraction of sp³-hybridized carbons (Fsp3) is 0.375. The number of hydrogen-bond donors (Lipinski definition) is 2. The van der Waals surface area contributed by atoms with Gasteiger partial charge in [0.2, 0.25) is 5.88 Å². The van der Waals surface area contributed by atoms with Gasteiger partial charge in [-0.3, -0.25) is 9.20 Å². The van der Waals surface area contributed by atoms with Crippen LogP contribution in [0.15, 0.2) is 41.3 Å². The summed E-state index contributed by atoms with van der Waals surface area (Å²) < 4.78 is 13.0. The molecule has 2 N–H and O–H groups in total. The summed E-state index contributed by atoms with van der Waals surface area (Å²) in [6.45, 7) is 6.81. The van der Waals surface area contributed by atoms with Crippen LogP contribution in [0, 0.1) is 13.8 Å². The van der Waals surface area contributed by atoms with E-state index in [2.05, 4.69) is 5.32 Å². The predicted molar refractivity (Wildman–Crippen MR) is 121 cm³/mol. The molecule has 0 spiro atoms. The smallest absolute Gasteiger partial charge is 0.337 e. The predicted octanol–water partition coefficient (Wildman–Crippen LogP) is 3.74. The largest absolute Gasteiger partial charge is 0.478 e. The number of benzene rings is 1. The molecule has 0 bridgehead atoms. The molecule has 3 heterocycles. The number of carbonyl (C=O) groups is 1. The van der Waals surface area contributed by atoms with E-state index >= 15 is 0 Å². The van der Waals surface area contributed by atoms with Gasteiger partial charge >= 0.3 is 5.97 Å². The van der Waals surface area contributed by atoms with Crippen LogP contribution in [0.5, 0.6) is 5.88 Å². The van der Waals surface area contributed by atoms with Gasteiger partial charge in [0.1, 0.15) is 11.8 Å². The standard InChI is InChI=1S/C24H27N3O5/c1-14-12-19(16(3)25-20-7-5-4-6-18(20)24(29)30)21-26-22(15(2)23(28)27(21)13-14)32-17-8-10-31-11-9-17/h4-7,12-13,16-17,25H,8-11H2,1-3H3,(H,29,30)/t16-/m1/s1. The number of nitrogens with zero attached hydrogens (tertiary/aromatic N) is 2. The molecule has 3 aromatic rings. The summed E-state index contributed by atoms with van der Waals surface area (Å²) in [5.41, 5.74) is 3.12. The van der Waals surface area contributed by atoms with E-state index in [4.69, 9.17) is 14.5 Å². The minimum Gasteiger partial charge on any atom is -0.478 e. The van der Waals surface area contributed by atoms with Gasteiger partial charge < -0.3 is 19.9 Å². The second kappa shape index (κ2) is 9.00. The number of fused-ring (bicyclic) bond motifs is 1. The van der Waals surface area contributed by atoms with Gasteiger partial charge in [0.15, 0.2) is 0 Å². The number of pyridine rings is 1. The van der Waals surface area contributed by atoms with E-state index in [0.717, 1.165) is 24.0 Å². The average Bonchev–Trinajstić information content (AvgIpc) is 2.78. The first-order valence-electron chi connectivity index (χ1n) is 10.7. The Morgan fingerprint density at radius 1 is 1.28 bits per heavy atom. The van der Waals surface area contributed by atoms with Gasteiger partial charge in [-0.2, -0.15) is 4.98 Å². The topological polar surface area (TPSA) is 102 Å². The second-order valence-electron chi connectivity index (χ2n) is 8.16. The van der Waals surface area contributed by atoms with Crippen LogP contribution in [0.3, 0.4) is 0 Å². The van der Waals surface area contributed by atoms with Crippen molar-refractivity contribution in [1.29, 1.82) is 0 Å². The first-order chi connectivity index (χ1) is 15.3. The van der Waals surface area contributed by atoms with Crippen molar-refractivity contribution in [3.63, 3.8) is 0 Å². The molecule has 1 atom stereocenters. The fourth-order valence-corrected chi connectivity index (χ4v) is 3.97. The van der Waals surface area contributed by atoms with E-state index in [-0.39, 0.29) is 23.3 Å². The Morgan fingerprint density at radius 3 is 2.72 bits per heavy atom. The van der Waals surface area contributed by atoms with Crippen molar-refractivity contribution in [2.45, 2.75) is 45.8 Å². The Labute approximate surface area is 185 Å². The third-order valence-electron chi connectivity index (χ3n) is 5.71. The molecule has 0 aliphatic carbocycles. The molecular formula is C24H27N3O5. The molecule has 1 aliphatic heterocycles. The summed E-state index contributed by atoms with van der Waals surface area (Å²) in [7, 11) is 0. The van der Waals surface area contributed by atoms with Crippen molar-refractivity contribution in [2.75, 3.05) is 18.5 Å². The van der Waals surface area contributed by atoms with Crippen LogP contribution in [-0.4, -0.2) is 39.8 Å². The Balaban J connectivity index is 1.77. The van der Waals surface area contributed by atoms with E-state index in [1.165, 1.54) is 4.40 Å². The van der Waals surface area contributed by atoms with E-state index in [1.54, 1.807) is 37.4 Å². The quantitative estimate of drug-likeness (QED) is 0.606. The van der Waals surface area contributed by atoms with Crippen LogP contribution < -0.4 is 15.6 Å². The Kier molecular flexibility index (Phi) is 6.14. The summed E-state index contributed by atoms with van der Waals surface area (Å²) in [6.07, 6.45) is 3.23. The number of hydrogen-bond acceptors (Lipinski definition) is 6. The lowest BCUT2D eigenvalue weighted by molar-refractivity contribution is 0.0234. The van der Waals surface area contributed by atoms with Crippen molar-refractivity contribution in [3.8, 4) is 5.88 Å². The molecule has 32 heavy (non-hydrogen) atoms. The van der Waals surface area contributed by atoms with Crippen LogP contribution in [0.1, 0.15) is 52.9 Å². The molecule has 8 heteroatoms. The van der Waals surface area contributed by atoms with Crippen LogP contribution in [0.25, 0.3) is 5.65 Å².